The molecule has 2 N–H and O–H groups in total. The van der Waals surface area contributed by atoms with Gasteiger partial charge >= 0.3 is 5.69 Å². The molecule has 16 heavy (non-hydrogen) atoms. The zero-order valence-electron chi connectivity index (χ0n) is 7.49. The molecule has 9 heteroatoms. The Balaban J connectivity index is 3.63. The second-order valence-corrected chi connectivity index (χ2v) is 3.00. The minimum absolute atomic E-state index is 0.586. The molecule has 86 valence electrons. The molecule has 0 aromatic carbocycles. The largest absolute Gasteiger partial charge is 0.378 e. The number of nitro groups is 1. The number of nitrogens with two attached hydrogens (primary N) is 1. The first-order chi connectivity index (χ1) is 7.36. The Morgan fingerprint density at radius 3 is 2.56 bits per heavy atom. The number of pyridine rings is 1. The van der Waals surface area contributed by atoms with Gasteiger partial charge in [-0.05, 0) is 11.6 Å². The average molecular weight is 252 g/mol. The van der Waals surface area contributed by atoms with Gasteiger partial charge in [-0.15, -0.1) is 0 Å². The van der Waals surface area contributed by atoms with Gasteiger partial charge in [0.05, 0.1) is 10.5 Å². The van der Waals surface area contributed by atoms with E-state index in [1.54, 1.807) is 0 Å². The first kappa shape index (κ1) is 12.2. The minimum atomic E-state index is -3.11. The number of carbonyl (C=O) groups is 1. The number of hydrogen-bond donors (Lipinski definition) is 1. The van der Waals surface area contributed by atoms with E-state index in [9.17, 15) is 23.7 Å². The molecule has 1 rings (SSSR count). The summed E-state index contributed by atoms with van der Waals surface area (Å²) in [5.74, 6) is -0.640. The van der Waals surface area contributed by atoms with Crippen LogP contribution in [0, 0.1) is 10.1 Å². The SMILES string of the molecule is Nc1ncc(C(F)F)c(C(=O)Cl)c1[N+](=O)[O-]. The van der Waals surface area contributed by atoms with Crippen molar-refractivity contribution < 1.29 is 18.5 Å². The molecule has 0 fully saturated rings. The Bertz CT molecular complexity index is 466. The van der Waals surface area contributed by atoms with E-state index < -0.39 is 39.2 Å². The van der Waals surface area contributed by atoms with Crippen molar-refractivity contribution in [3.05, 3.63) is 27.4 Å². The predicted molar refractivity (Wildman–Crippen MR) is 50.4 cm³/mol. The van der Waals surface area contributed by atoms with Crippen molar-refractivity contribution in [2.24, 2.45) is 0 Å². The van der Waals surface area contributed by atoms with Gasteiger partial charge in [-0.2, -0.15) is 0 Å². The van der Waals surface area contributed by atoms with Gasteiger partial charge in [0.2, 0.25) is 5.82 Å². The van der Waals surface area contributed by atoms with Crippen molar-refractivity contribution in [1.82, 2.24) is 4.98 Å². The van der Waals surface area contributed by atoms with Crippen molar-refractivity contribution >= 4 is 28.3 Å². The smallest absolute Gasteiger partial charge is 0.323 e. The van der Waals surface area contributed by atoms with Crippen molar-refractivity contribution in [2.75, 3.05) is 5.73 Å². The summed E-state index contributed by atoms with van der Waals surface area (Å²) < 4.78 is 24.9. The van der Waals surface area contributed by atoms with Gasteiger partial charge in [0, 0.05) is 6.20 Å². The molecule has 1 aromatic rings. The maximum absolute atomic E-state index is 12.4. The third-order valence-electron chi connectivity index (χ3n) is 1.73. The van der Waals surface area contributed by atoms with E-state index in [0.29, 0.717) is 6.20 Å². The monoisotopic (exact) mass is 251 g/mol. The van der Waals surface area contributed by atoms with Crippen molar-refractivity contribution in [3.63, 3.8) is 0 Å². The molecule has 6 nitrogen and oxygen atoms in total. The van der Waals surface area contributed by atoms with Crippen LogP contribution in [0.5, 0.6) is 0 Å². The molecule has 0 saturated carbocycles. The van der Waals surface area contributed by atoms with Gasteiger partial charge < -0.3 is 5.73 Å². The van der Waals surface area contributed by atoms with Gasteiger partial charge in [0.15, 0.2) is 0 Å². The van der Waals surface area contributed by atoms with Crippen LogP contribution in [0.4, 0.5) is 20.3 Å². The lowest BCUT2D eigenvalue weighted by atomic mass is 10.1. The summed E-state index contributed by atoms with van der Waals surface area (Å²) >= 11 is 5.01. The van der Waals surface area contributed by atoms with E-state index >= 15 is 0 Å². The van der Waals surface area contributed by atoms with Crippen LogP contribution in [0.15, 0.2) is 6.20 Å². The molecule has 0 saturated heterocycles. The lowest BCUT2D eigenvalue weighted by Crippen LogP contribution is -2.09. The van der Waals surface area contributed by atoms with Crippen LogP contribution >= 0.6 is 11.6 Å². The number of rotatable bonds is 3. The summed E-state index contributed by atoms with van der Waals surface area (Å²) in [5, 5.41) is 9.17. The fourth-order valence-corrected chi connectivity index (χ4v) is 1.29. The lowest BCUT2D eigenvalue weighted by Gasteiger charge is -2.06. The Morgan fingerprint density at radius 1 is 1.62 bits per heavy atom. The van der Waals surface area contributed by atoms with Gasteiger partial charge in [-0.3, -0.25) is 14.9 Å². The Labute approximate surface area is 92.2 Å². The third-order valence-corrected chi connectivity index (χ3v) is 1.91. The molecule has 0 bridgehead atoms. The molecular weight excluding hydrogens is 248 g/mol. The van der Waals surface area contributed by atoms with E-state index in [2.05, 4.69) is 4.98 Å². The number of nitrogens with zero attached hydrogens (tertiary/aromatic N) is 2. The van der Waals surface area contributed by atoms with Crippen molar-refractivity contribution in [3.8, 4) is 0 Å². The number of carbonyl (C=O) groups excluding carboxylic acids is 1. The molecule has 0 radical (unpaired) electrons. The predicted octanol–water partition coefficient (Wildman–Crippen LogP) is 1.89. The van der Waals surface area contributed by atoms with Crippen LogP contribution < -0.4 is 5.73 Å². The molecule has 0 amide bonds. The third kappa shape index (κ3) is 2.06. The maximum atomic E-state index is 12.4. The van der Waals surface area contributed by atoms with Crippen LogP contribution in [0.1, 0.15) is 22.3 Å². The van der Waals surface area contributed by atoms with E-state index in [4.69, 9.17) is 17.3 Å². The molecule has 0 unspecified atom stereocenters. The Hall–Kier alpha value is -1.83. The Kier molecular flexibility index (Phi) is 3.33. The second kappa shape index (κ2) is 4.35. The molecular formula is C7H4ClF2N3O3. The summed E-state index contributed by atoms with van der Waals surface area (Å²) in [7, 11) is 0. The Morgan fingerprint density at radius 2 is 2.19 bits per heavy atom. The van der Waals surface area contributed by atoms with E-state index in [0.717, 1.165) is 0 Å². The highest BCUT2D eigenvalue weighted by molar-refractivity contribution is 6.68. The van der Waals surface area contributed by atoms with Gasteiger partial charge in [-0.25, -0.2) is 13.8 Å². The van der Waals surface area contributed by atoms with Gasteiger partial charge in [-0.1, -0.05) is 0 Å². The van der Waals surface area contributed by atoms with Gasteiger partial charge in [0.25, 0.3) is 11.7 Å². The number of halogens is 3. The zero-order valence-corrected chi connectivity index (χ0v) is 8.24. The molecule has 0 aliphatic carbocycles. The minimum Gasteiger partial charge on any atom is -0.378 e. The fraction of sp³-hybridized carbons (Fsp3) is 0.143. The highest BCUT2D eigenvalue weighted by Crippen LogP contribution is 2.33. The number of aromatic nitrogens is 1. The van der Waals surface area contributed by atoms with Crippen molar-refractivity contribution in [2.45, 2.75) is 6.43 Å². The van der Waals surface area contributed by atoms with Crippen LogP contribution in [0.3, 0.4) is 0 Å². The lowest BCUT2D eigenvalue weighted by molar-refractivity contribution is -0.384. The molecule has 0 spiro atoms. The quantitative estimate of drug-likeness (QED) is 0.502. The highest BCUT2D eigenvalue weighted by atomic mass is 35.5. The first-order valence-electron chi connectivity index (χ1n) is 3.77. The fourth-order valence-electron chi connectivity index (χ4n) is 1.09. The van der Waals surface area contributed by atoms with Crippen LogP contribution in [0.25, 0.3) is 0 Å². The molecule has 0 atom stereocenters. The standard InChI is InChI=1S/C7H4ClF2N3O3/c8-5(14)3-2(6(9)10)1-12-7(11)4(3)13(15)16/h1,6H,(H2,11,12). The maximum Gasteiger partial charge on any atom is 0.323 e. The van der Waals surface area contributed by atoms with E-state index in [1.807, 2.05) is 0 Å². The summed E-state index contributed by atoms with van der Waals surface area (Å²) in [6.07, 6.45) is -2.52. The molecule has 1 aromatic heterocycles. The summed E-state index contributed by atoms with van der Waals surface area (Å²) in [4.78, 5) is 23.6. The molecule has 0 aliphatic rings. The molecule has 0 aliphatic heterocycles. The first-order valence-corrected chi connectivity index (χ1v) is 4.14. The van der Waals surface area contributed by atoms with E-state index in [1.165, 1.54) is 0 Å². The summed E-state index contributed by atoms with van der Waals surface area (Å²) in [6, 6.07) is 0. The van der Waals surface area contributed by atoms with Crippen molar-refractivity contribution in [1.29, 1.82) is 0 Å². The van der Waals surface area contributed by atoms with Gasteiger partial charge in [0.1, 0.15) is 5.56 Å². The topological polar surface area (TPSA) is 99.1 Å². The second-order valence-electron chi connectivity index (χ2n) is 2.65. The number of alkyl halides is 2. The number of anilines is 1. The average Bonchev–Trinajstić information content (AvgIpc) is 2.15. The van der Waals surface area contributed by atoms with E-state index in [-0.39, 0.29) is 0 Å². The van der Waals surface area contributed by atoms with Crippen LogP contribution in [-0.2, 0) is 0 Å². The van der Waals surface area contributed by atoms with Crippen LogP contribution in [-0.4, -0.2) is 15.1 Å². The normalized spacial score (nSPS) is 10.5. The number of hydrogen-bond acceptors (Lipinski definition) is 5. The zero-order chi connectivity index (χ0) is 12.5. The number of nitrogen functional groups attached to an aromatic ring is 1. The molecule has 1 heterocycles. The summed E-state index contributed by atoms with van der Waals surface area (Å²) in [6.45, 7) is 0. The summed E-state index contributed by atoms with van der Waals surface area (Å²) in [5.41, 5.74) is 2.28. The highest BCUT2D eigenvalue weighted by Gasteiger charge is 2.30. The van der Waals surface area contributed by atoms with Crippen LogP contribution in [0.2, 0.25) is 0 Å².